The Hall–Kier alpha value is -10.6. The van der Waals surface area contributed by atoms with Gasteiger partial charge in [-0.3, -0.25) is 0 Å². The van der Waals surface area contributed by atoms with Crippen LogP contribution in [0.25, 0.3) is 159 Å². The van der Waals surface area contributed by atoms with Gasteiger partial charge < -0.3 is 4.57 Å². The Labute approximate surface area is 478 Å². The van der Waals surface area contributed by atoms with Crippen molar-refractivity contribution < 1.29 is 0 Å². The Kier molecular flexibility index (Phi) is 11.4. The highest BCUT2D eigenvalue weighted by molar-refractivity contribution is 7.25. The summed E-state index contributed by atoms with van der Waals surface area (Å²) in [5.41, 5.74) is 17.5. The van der Waals surface area contributed by atoms with E-state index in [1.54, 1.807) is 0 Å². The average molecular weight is 1060 g/mol. The van der Waals surface area contributed by atoms with Crippen LogP contribution in [0.15, 0.2) is 291 Å². The molecule has 0 saturated heterocycles. The summed E-state index contributed by atoms with van der Waals surface area (Å²) in [4.78, 5) is 16.1. The quantitative estimate of drug-likeness (QED) is 0.145. The second-order valence-corrected chi connectivity index (χ2v) is 22.2. The summed E-state index contributed by atoms with van der Waals surface area (Å²) in [6.45, 7) is 0. The zero-order chi connectivity index (χ0) is 54.1. The molecular weight excluding hydrogens is 1010 g/mol. The molecule has 0 N–H and O–H groups in total. The summed E-state index contributed by atoms with van der Waals surface area (Å²) >= 11 is 1.84. The zero-order valence-electron chi connectivity index (χ0n) is 44.4. The van der Waals surface area contributed by atoms with E-state index in [0.29, 0.717) is 17.5 Å². The van der Waals surface area contributed by atoms with Crippen LogP contribution in [-0.2, 0) is 0 Å². The summed E-state index contributed by atoms with van der Waals surface area (Å²) in [6.07, 6.45) is 0. The highest BCUT2D eigenvalue weighted by Gasteiger charge is 2.22. The molecule has 0 amide bonds. The van der Waals surface area contributed by atoms with Crippen molar-refractivity contribution in [2.24, 2.45) is 0 Å². The number of thiophene rings is 1. The molecule has 0 atom stereocenters. The van der Waals surface area contributed by atoms with E-state index in [2.05, 4.69) is 296 Å². The molecule has 16 rings (SSSR count). The Morgan fingerprint density at radius 2 is 0.671 bits per heavy atom. The van der Waals surface area contributed by atoms with E-state index in [1.807, 2.05) is 11.3 Å². The van der Waals surface area contributed by atoms with Crippen LogP contribution in [0.1, 0.15) is 0 Å². The molecule has 0 unspecified atom stereocenters. The second kappa shape index (κ2) is 19.6. The number of hydrogen-bond donors (Lipinski definition) is 0. The third-order valence-electron chi connectivity index (χ3n) is 16.3. The lowest BCUT2D eigenvalue weighted by Crippen LogP contribution is -2.02. The topological polar surface area (TPSA) is 43.6 Å². The minimum Gasteiger partial charge on any atom is -0.309 e. The van der Waals surface area contributed by atoms with Crippen LogP contribution in [0.4, 0.5) is 0 Å². The molecule has 5 heteroatoms. The van der Waals surface area contributed by atoms with E-state index in [0.717, 1.165) is 66.8 Å². The van der Waals surface area contributed by atoms with Gasteiger partial charge in [-0.05, 0) is 126 Å². The molecule has 0 aliphatic heterocycles. The van der Waals surface area contributed by atoms with Crippen molar-refractivity contribution in [1.82, 2.24) is 19.5 Å². The summed E-state index contributed by atoms with van der Waals surface area (Å²) in [5.74, 6) is 1.80. The molecule has 0 saturated carbocycles. The van der Waals surface area contributed by atoms with Gasteiger partial charge in [-0.15, -0.1) is 11.3 Å². The SMILES string of the molecule is c1ccc(-c2ccc(-c3ccc(-c4nc(-c5ccc(-c6ccc(-c7ccccc7)cc6)cc5)nc(-c5ccc(-n6c7cc8ccccc8cc7c7c8ccccc8ccc76)c(-c6ccc7sc8ccccc8c7c6)c5)n4)cc3)cc2)cc1. The maximum absolute atomic E-state index is 5.40. The van der Waals surface area contributed by atoms with Gasteiger partial charge in [0.15, 0.2) is 17.5 Å². The van der Waals surface area contributed by atoms with Crippen LogP contribution >= 0.6 is 11.3 Å². The molecule has 0 spiro atoms. The maximum atomic E-state index is 5.40. The molecule has 13 aromatic carbocycles. The lowest BCUT2D eigenvalue weighted by atomic mass is 9.98. The third kappa shape index (κ3) is 8.34. The lowest BCUT2D eigenvalue weighted by Gasteiger charge is -2.17. The van der Waals surface area contributed by atoms with Gasteiger partial charge in [0.1, 0.15) is 0 Å². The zero-order valence-corrected chi connectivity index (χ0v) is 45.2. The summed E-state index contributed by atoms with van der Waals surface area (Å²) in [6, 6.07) is 105. The van der Waals surface area contributed by atoms with Crippen molar-refractivity contribution in [2.75, 3.05) is 0 Å². The molecular formula is C77H48N4S. The lowest BCUT2D eigenvalue weighted by molar-refractivity contribution is 1.07. The van der Waals surface area contributed by atoms with Crippen LogP contribution in [0.5, 0.6) is 0 Å². The fourth-order valence-electron chi connectivity index (χ4n) is 12.1. The van der Waals surface area contributed by atoms with Crippen molar-refractivity contribution in [3.63, 3.8) is 0 Å². The minimum absolute atomic E-state index is 0.593. The fourth-order valence-corrected chi connectivity index (χ4v) is 13.2. The molecule has 82 heavy (non-hydrogen) atoms. The van der Waals surface area contributed by atoms with Gasteiger partial charge in [0, 0.05) is 53.2 Å². The van der Waals surface area contributed by atoms with E-state index in [4.69, 9.17) is 15.0 Å². The van der Waals surface area contributed by atoms with Crippen LogP contribution in [0.2, 0.25) is 0 Å². The van der Waals surface area contributed by atoms with Gasteiger partial charge >= 0.3 is 0 Å². The molecule has 0 bridgehead atoms. The Morgan fingerprint density at radius 1 is 0.244 bits per heavy atom. The van der Waals surface area contributed by atoms with Gasteiger partial charge in [0.25, 0.3) is 0 Å². The van der Waals surface area contributed by atoms with Crippen molar-refractivity contribution in [3.8, 4) is 95.5 Å². The van der Waals surface area contributed by atoms with Crippen LogP contribution < -0.4 is 0 Å². The largest absolute Gasteiger partial charge is 0.309 e. The van der Waals surface area contributed by atoms with Gasteiger partial charge in [0.05, 0.1) is 16.7 Å². The van der Waals surface area contributed by atoms with Crippen molar-refractivity contribution in [3.05, 3.63) is 291 Å². The van der Waals surface area contributed by atoms with Crippen LogP contribution in [0, 0.1) is 0 Å². The molecule has 0 fully saturated rings. The predicted molar refractivity (Wildman–Crippen MR) is 346 cm³/mol. The van der Waals surface area contributed by atoms with Gasteiger partial charge in [-0.25, -0.2) is 15.0 Å². The molecule has 0 aliphatic rings. The van der Waals surface area contributed by atoms with Gasteiger partial charge in [0.2, 0.25) is 0 Å². The molecule has 3 heterocycles. The highest BCUT2D eigenvalue weighted by Crippen LogP contribution is 2.44. The smallest absolute Gasteiger partial charge is 0.164 e. The number of nitrogens with zero attached hydrogens (tertiary/aromatic N) is 4. The minimum atomic E-state index is 0.593. The first-order chi connectivity index (χ1) is 40.6. The summed E-state index contributed by atoms with van der Waals surface area (Å²) in [7, 11) is 0. The van der Waals surface area contributed by atoms with Crippen molar-refractivity contribution >= 4 is 74.9 Å². The third-order valence-corrected chi connectivity index (χ3v) is 17.4. The summed E-state index contributed by atoms with van der Waals surface area (Å²) < 4.78 is 5.02. The monoisotopic (exact) mass is 1060 g/mol. The first-order valence-corrected chi connectivity index (χ1v) is 28.6. The number of benzene rings is 13. The van der Waals surface area contributed by atoms with Crippen LogP contribution in [0.3, 0.4) is 0 Å². The second-order valence-electron chi connectivity index (χ2n) is 21.1. The van der Waals surface area contributed by atoms with Gasteiger partial charge in [-0.2, -0.15) is 0 Å². The molecule has 0 radical (unpaired) electrons. The number of aromatic nitrogens is 4. The summed E-state index contributed by atoms with van der Waals surface area (Å²) in [5, 5.41) is 9.82. The molecule has 0 aliphatic carbocycles. The average Bonchev–Trinajstić information content (AvgIpc) is 3.98. The number of rotatable bonds is 9. The fraction of sp³-hybridized carbons (Fsp3) is 0. The van der Waals surface area contributed by atoms with E-state index >= 15 is 0 Å². The maximum Gasteiger partial charge on any atom is 0.164 e. The standard InChI is InChI=1S/C77H48N4S/c1-3-13-49(14-4-1)51-23-27-53(28-24-51)55-31-35-58(36-32-55)75-78-76(59-37-33-56(34-38-59)54-29-25-52(26-30-54)50-15-5-2-6-16-50)80-77(79-75)63-40-42-69(66(47-63)62-41-44-73-67(46-62)65-21-11-12-22-72(65)82-73)81-70-43-39-57-17-9-10-20-64(57)74(70)68-45-60-18-7-8-19-61(60)48-71(68)81/h1-48H. The Morgan fingerprint density at radius 3 is 1.24 bits per heavy atom. The Balaban J connectivity index is 0.871. The molecule has 4 nitrogen and oxygen atoms in total. The number of hydrogen-bond acceptors (Lipinski definition) is 4. The van der Waals surface area contributed by atoms with E-state index < -0.39 is 0 Å². The van der Waals surface area contributed by atoms with Crippen LogP contribution in [-0.4, -0.2) is 19.5 Å². The normalized spacial score (nSPS) is 11.7. The predicted octanol–water partition coefficient (Wildman–Crippen LogP) is 21.0. The number of fused-ring (bicyclic) bond motifs is 9. The van der Waals surface area contributed by atoms with Crippen molar-refractivity contribution in [2.45, 2.75) is 0 Å². The Bertz CT molecular complexity index is 4960. The first kappa shape index (κ1) is 47.4. The van der Waals surface area contributed by atoms with E-state index in [1.165, 1.54) is 74.7 Å². The molecule has 382 valence electrons. The molecule has 3 aromatic heterocycles. The van der Waals surface area contributed by atoms with E-state index in [9.17, 15) is 0 Å². The first-order valence-electron chi connectivity index (χ1n) is 27.8. The highest BCUT2D eigenvalue weighted by atomic mass is 32.1. The van der Waals surface area contributed by atoms with Crippen molar-refractivity contribution in [1.29, 1.82) is 0 Å². The van der Waals surface area contributed by atoms with E-state index in [-0.39, 0.29) is 0 Å². The van der Waals surface area contributed by atoms with Gasteiger partial charge in [-0.1, -0.05) is 237 Å². The molecule has 16 aromatic rings.